The third-order valence-corrected chi connectivity index (χ3v) is 7.46. The molecule has 0 bridgehead atoms. The lowest BCUT2D eigenvalue weighted by Gasteiger charge is -2.30. The van der Waals surface area contributed by atoms with Crippen LogP contribution in [0.3, 0.4) is 0 Å². The number of hydrogen-bond acceptors (Lipinski definition) is 3. The molecule has 0 spiro atoms. The zero-order valence-corrected chi connectivity index (χ0v) is 15.7. The third kappa shape index (κ3) is 3.62. The Bertz CT molecular complexity index is 420. The second-order valence-electron chi connectivity index (χ2n) is 6.37. The van der Waals surface area contributed by atoms with Crippen molar-refractivity contribution in [2.24, 2.45) is 17.1 Å². The maximum atomic E-state index is 6.03. The Kier molecular flexibility index (Phi) is 5.16. The molecule has 19 heavy (non-hydrogen) atoms. The lowest BCUT2D eigenvalue weighted by Crippen LogP contribution is -2.33. The summed E-state index contributed by atoms with van der Waals surface area (Å²) in [6, 6.07) is 2.57. The van der Waals surface area contributed by atoms with Gasteiger partial charge in [0.1, 0.15) is 0 Å². The van der Waals surface area contributed by atoms with Crippen molar-refractivity contribution in [3.63, 3.8) is 0 Å². The van der Waals surface area contributed by atoms with Gasteiger partial charge in [0.25, 0.3) is 0 Å². The molecule has 2 N–H and O–H groups in total. The smallest absolute Gasteiger partial charge is 0.0843 e. The van der Waals surface area contributed by atoms with Crippen LogP contribution >= 0.6 is 43.2 Å². The topological polar surface area (TPSA) is 29.3 Å². The van der Waals surface area contributed by atoms with Gasteiger partial charge in [-0.3, -0.25) is 4.90 Å². The van der Waals surface area contributed by atoms with E-state index in [9.17, 15) is 0 Å². The molecule has 0 radical (unpaired) electrons. The standard InChI is InChI=1S/C14H22Br2N2S/c1-14(2,3)9-4-5-18(8-9)11(7-17)12-6-10(15)13(16)19-12/h6,9,11H,4-5,7-8,17H2,1-3H3. The summed E-state index contributed by atoms with van der Waals surface area (Å²) in [7, 11) is 0. The maximum absolute atomic E-state index is 6.03. The predicted octanol–water partition coefficient (Wildman–Crippen LogP) is 4.64. The number of likely N-dealkylation sites (tertiary alicyclic amines) is 1. The van der Waals surface area contributed by atoms with E-state index in [1.165, 1.54) is 17.8 Å². The third-order valence-electron chi connectivity index (χ3n) is 4.10. The van der Waals surface area contributed by atoms with Crippen molar-refractivity contribution in [1.82, 2.24) is 4.90 Å². The summed E-state index contributed by atoms with van der Waals surface area (Å²) in [5, 5.41) is 0. The fourth-order valence-electron chi connectivity index (χ4n) is 2.75. The molecule has 1 aliphatic rings. The van der Waals surface area contributed by atoms with E-state index >= 15 is 0 Å². The molecular weight excluding hydrogens is 388 g/mol. The summed E-state index contributed by atoms with van der Waals surface area (Å²) >= 11 is 8.94. The fourth-order valence-corrected chi connectivity index (χ4v) is 4.99. The number of rotatable bonds is 3. The quantitative estimate of drug-likeness (QED) is 0.787. The van der Waals surface area contributed by atoms with Gasteiger partial charge >= 0.3 is 0 Å². The van der Waals surface area contributed by atoms with Crippen molar-refractivity contribution in [2.75, 3.05) is 19.6 Å². The Labute approximate surface area is 137 Å². The predicted molar refractivity (Wildman–Crippen MR) is 90.6 cm³/mol. The molecule has 1 saturated heterocycles. The highest BCUT2D eigenvalue weighted by Crippen LogP contribution is 2.41. The van der Waals surface area contributed by atoms with Crippen molar-refractivity contribution in [2.45, 2.75) is 33.2 Å². The molecule has 2 atom stereocenters. The maximum Gasteiger partial charge on any atom is 0.0843 e. The highest BCUT2D eigenvalue weighted by Gasteiger charge is 2.35. The minimum atomic E-state index is 0.361. The first-order valence-corrected chi connectivity index (χ1v) is 9.12. The molecule has 0 amide bonds. The molecule has 0 aliphatic carbocycles. The van der Waals surface area contributed by atoms with E-state index in [4.69, 9.17) is 5.73 Å². The van der Waals surface area contributed by atoms with Gasteiger partial charge in [0, 0.05) is 22.4 Å². The highest BCUT2D eigenvalue weighted by atomic mass is 79.9. The largest absolute Gasteiger partial charge is 0.329 e. The molecule has 2 unspecified atom stereocenters. The van der Waals surface area contributed by atoms with E-state index in [-0.39, 0.29) is 0 Å². The lowest BCUT2D eigenvalue weighted by atomic mass is 9.80. The average Bonchev–Trinajstić information content (AvgIpc) is 2.88. The van der Waals surface area contributed by atoms with Gasteiger partial charge in [-0.25, -0.2) is 0 Å². The molecule has 0 saturated carbocycles. The van der Waals surface area contributed by atoms with E-state index in [0.717, 1.165) is 20.7 Å². The normalized spacial score (nSPS) is 22.9. The van der Waals surface area contributed by atoms with Gasteiger partial charge in [-0.1, -0.05) is 20.8 Å². The summed E-state index contributed by atoms with van der Waals surface area (Å²) in [5.41, 5.74) is 6.43. The Balaban J connectivity index is 2.12. The SMILES string of the molecule is CC(C)(C)C1CCN(C(CN)c2cc(Br)c(Br)s2)C1. The average molecular weight is 410 g/mol. The minimum absolute atomic E-state index is 0.361. The van der Waals surface area contributed by atoms with E-state index in [0.29, 0.717) is 18.0 Å². The van der Waals surface area contributed by atoms with Crippen molar-refractivity contribution in [1.29, 1.82) is 0 Å². The van der Waals surface area contributed by atoms with Gasteiger partial charge in [0.15, 0.2) is 0 Å². The van der Waals surface area contributed by atoms with Gasteiger partial charge in [-0.05, 0) is 62.2 Å². The van der Waals surface area contributed by atoms with Crippen LogP contribution in [0.5, 0.6) is 0 Å². The molecule has 1 aromatic heterocycles. The number of hydrogen-bond donors (Lipinski definition) is 1. The van der Waals surface area contributed by atoms with Crippen LogP contribution in [-0.4, -0.2) is 24.5 Å². The zero-order valence-electron chi connectivity index (χ0n) is 11.7. The van der Waals surface area contributed by atoms with Crippen molar-refractivity contribution >= 4 is 43.2 Å². The number of nitrogens with two attached hydrogens (primary N) is 1. The second-order valence-corrected chi connectivity index (χ2v) is 9.62. The Morgan fingerprint density at radius 2 is 2.16 bits per heavy atom. The van der Waals surface area contributed by atoms with E-state index in [1.54, 1.807) is 11.3 Å². The molecular formula is C14H22Br2N2S. The summed E-state index contributed by atoms with van der Waals surface area (Å²) in [6.45, 7) is 10.1. The molecule has 1 fully saturated rings. The van der Waals surface area contributed by atoms with E-state index in [1.807, 2.05) is 0 Å². The molecule has 5 heteroatoms. The summed E-state index contributed by atoms with van der Waals surface area (Å²) in [6.07, 6.45) is 1.29. The van der Waals surface area contributed by atoms with Crippen LogP contribution in [0.15, 0.2) is 14.3 Å². The van der Waals surface area contributed by atoms with Gasteiger partial charge in [-0.2, -0.15) is 0 Å². The molecule has 2 heterocycles. The molecule has 2 rings (SSSR count). The van der Waals surface area contributed by atoms with Gasteiger partial charge < -0.3 is 5.73 Å². The molecule has 0 aromatic carbocycles. The number of halogens is 2. The van der Waals surface area contributed by atoms with Crippen LogP contribution in [0.4, 0.5) is 0 Å². The zero-order chi connectivity index (χ0) is 14.2. The Morgan fingerprint density at radius 3 is 2.58 bits per heavy atom. The van der Waals surface area contributed by atoms with Crippen LogP contribution in [0.1, 0.15) is 38.1 Å². The van der Waals surface area contributed by atoms with Crippen LogP contribution in [0.2, 0.25) is 0 Å². The van der Waals surface area contributed by atoms with Crippen molar-refractivity contribution in [3.8, 4) is 0 Å². The van der Waals surface area contributed by atoms with Crippen LogP contribution < -0.4 is 5.73 Å². The monoisotopic (exact) mass is 408 g/mol. The lowest BCUT2D eigenvalue weighted by molar-refractivity contribution is 0.199. The minimum Gasteiger partial charge on any atom is -0.329 e. The number of thiophene rings is 1. The van der Waals surface area contributed by atoms with Crippen molar-refractivity contribution in [3.05, 3.63) is 19.2 Å². The van der Waals surface area contributed by atoms with Crippen LogP contribution in [-0.2, 0) is 0 Å². The van der Waals surface area contributed by atoms with Crippen LogP contribution in [0, 0.1) is 11.3 Å². The molecule has 2 nitrogen and oxygen atoms in total. The fraction of sp³-hybridized carbons (Fsp3) is 0.714. The van der Waals surface area contributed by atoms with Gasteiger partial charge in [0.2, 0.25) is 0 Å². The summed E-state index contributed by atoms with van der Waals surface area (Å²) in [5.74, 6) is 0.772. The molecule has 1 aromatic rings. The first-order chi connectivity index (χ1) is 8.82. The first kappa shape index (κ1) is 16.0. The first-order valence-electron chi connectivity index (χ1n) is 6.71. The molecule has 1 aliphatic heterocycles. The number of nitrogens with zero attached hydrogens (tertiary/aromatic N) is 1. The van der Waals surface area contributed by atoms with E-state index < -0.39 is 0 Å². The Morgan fingerprint density at radius 1 is 1.47 bits per heavy atom. The van der Waals surface area contributed by atoms with Crippen molar-refractivity contribution < 1.29 is 0 Å². The second kappa shape index (κ2) is 6.14. The van der Waals surface area contributed by atoms with E-state index in [2.05, 4.69) is 63.6 Å². The summed E-state index contributed by atoms with van der Waals surface area (Å²) in [4.78, 5) is 3.91. The van der Waals surface area contributed by atoms with Crippen LogP contribution in [0.25, 0.3) is 0 Å². The van der Waals surface area contributed by atoms with Gasteiger partial charge in [-0.15, -0.1) is 11.3 Å². The summed E-state index contributed by atoms with van der Waals surface area (Å²) < 4.78 is 2.30. The molecule has 108 valence electrons. The van der Waals surface area contributed by atoms with Gasteiger partial charge in [0.05, 0.1) is 9.83 Å². The highest BCUT2D eigenvalue weighted by molar-refractivity contribution is 9.13. The Hall–Kier alpha value is 0.580.